The predicted molar refractivity (Wildman–Crippen MR) is 95.2 cm³/mol. The number of nitrogens with zero attached hydrogens (tertiary/aromatic N) is 4. The van der Waals surface area contributed by atoms with Gasteiger partial charge in [0.25, 0.3) is 0 Å². The quantitative estimate of drug-likeness (QED) is 0.671. The first-order chi connectivity index (χ1) is 11.8. The second-order valence-corrected chi connectivity index (χ2v) is 5.42. The highest BCUT2D eigenvalue weighted by Crippen LogP contribution is 2.15. The second-order valence-electron chi connectivity index (χ2n) is 5.42. The highest BCUT2D eigenvalue weighted by molar-refractivity contribution is 5.38. The van der Waals surface area contributed by atoms with Gasteiger partial charge < -0.3 is 5.32 Å². The molecule has 0 unspecified atom stereocenters. The van der Waals surface area contributed by atoms with Crippen LogP contribution in [0.25, 0.3) is 0 Å². The van der Waals surface area contributed by atoms with Gasteiger partial charge >= 0.3 is 0 Å². The molecule has 0 aliphatic heterocycles. The second kappa shape index (κ2) is 7.97. The zero-order valence-corrected chi connectivity index (χ0v) is 13.6. The molecule has 120 valence electrons. The van der Waals surface area contributed by atoms with Gasteiger partial charge in [-0.1, -0.05) is 60.7 Å². The molecule has 3 aromatic rings. The fraction of sp³-hybridized carbons (Fsp3) is 0.158. The molecule has 0 aliphatic carbocycles. The Morgan fingerprint density at radius 2 is 1.54 bits per heavy atom. The van der Waals surface area contributed by atoms with Crippen LogP contribution in [-0.2, 0) is 13.1 Å². The lowest BCUT2D eigenvalue weighted by molar-refractivity contribution is 0.934. The molecule has 24 heavy (non-hydrogen) atoms. The van der Waals surface area contributed by atoms with Crippen molar-refractivity contribution in [3.8, 4) is 0 Å². The summed E-state index contributed by atoms with van der Waals surface area (Å²) in [4.78, 5) is 8.79. The zero-order valence-electron chi connectivity index (χ0n) is 13.6. The first-order valence-electron chi connectivity index (χ1n) is 7.84. The Labute approximate surface area is 141 Å². The van der Waals surface area contributed by atoms with Gasteiger partial charge in [-0.2, -0.15) is 10.1 Å². The first kappa shape index (κ1) is 15.8. The molecule has 0 radical (unpaired) electrons. The molecule has 0 saturated carbocycles. The van der Waals surface area contributed by atoms with Gasteiger partial charge in [0.1, 0.15) is 0 Å². The number of nitrogens with one attached hydrogen (secondary N) is 1. The number of hydrogen-bond donors (Lipinski definition) is 1. The maximum Gasteiger partial charge on any atom is 0.225 e. The maximum absolute atomic E-state index is 4.40. The summed E-state index contributed by atoms with van der Waals surface area (Å²) in [7, 11) is 0. The molecule has 0 bridgehead atoms. The number of hydrogen-bond acceptors (Lipinski definition) is 5. The number of rotatable bonds is 6. The summed E-state index contributed by atoms with van der Waals surface area (Å²) >= 11 is 0. The van der Waals surface area contributed by atoms with Crippen LogP contribution in [0.5, 0.6) is 0 Å². The highest BCUT2D eigenvalue weighted by Gasteiger charge is 2.02. The van der Waals surface area contributed by atoms with Crippen LogP contribution in [-0.4, -0.2) is 9.97 Å². The third kappa shape index (κ3) is 4.71. The summed E-state index contributed by atoms with van der Waals surface area (Å²) in [5, 5.41) is 11.7. The smallest absolute Gasteiger partial charge is 0.225 e. The van der Waals surface area contributed by atoms with E-state index in [0.29, 0.717) is 24.9 Å². The molecule has 1 heterocycles. The van der Waals surface area contributed by atoms with Crippen molar-refractivity contribution in [2.45, 2.75) is 20.0 Å². The minimum absolute atomic E-state index is 0.538. The fourth-order valence-electron chi connectivity index (χ4n) is 2.23. The van der Waals surface area contributed by atoms with Crippen LogP contribution in [0.15, 0.2) is 77.0 Å². The van der Waals surface area contributed by atoms with Crippen molar-refractivity contribution in [3.63, 3.8) is 0 Å². The van der Waals surface area contributed by atoms with Crippen LogP contribution in [0, 0.1) is 6.92 Å². The third-order valence-corrected chi connectivity index (χ3v) is 3.40. The van der Waals surface area contributed by atoms with Crippen molar-refractivity contribution in [2.24, 2.45) is 10.2 Å². The van der Waals surface area contributed by atoms with Crippen molar-refractivity contribution in [3.05, 3.63) is 83.6 Å². The summed E-state index contributed by atoms with van der Waals surface area (Å²) in [5.74, 6) is 1.13. The van der Waals surface area contributed by atoms with Crippen LogP contribution in [0.3, 0.4) is 0 Å². The maximum atomic E-state index is 4.40. The monoisotopic (exact) mass is 317 g/mol. The van der Waals surface area contributed by atoms with Crippen molar-refractivity contribution in [2.75, 3.05) is 5.32 Å². The Morgan fingerprint density at radius 1 is 0.875 bits per heavy atom. The molecule has 0 spiro atoms. The number of aryl methyl sites for hydroxylation is 1. The number of azo groups is 1. The molecule has 2 aromatic carbocycles. The lowest BCUT2D eigenvalue weighted by atomic mass is 10.2. The summed E-state index contributed by atoms with van der Waals surface area (Å²) in [6.45, 7) is 3.13. The van der Waals surface area contributed by atoms with Crippen molar-refractivity contribution in [1.82, 2.24) is 9.97 Å². The molecule has 0 amide bonds. The lowest BCUT2D eigenvalue weighted by Crippen LogP contribution is -2.04. The van der Waals surface area contributed by atoms with E-state index in [4.69, 9.17) is 0 Å². The molecule has 0 fully saturated rings. The van der Waals surface area contributed by atoms with E-state index in [1.165, 1.54) is 5.56 Å². The molecule has 5 nitrogen and oxygen atoms in total. The van der Waals surface area contributed by atoms with Gasteiger partial charge in [-0.15, -0.1) is 5.11 Å². The van der Waals surface area contributed by atoms with Crippen molar-refractivity contribution >= 4 is 11.8 Å². The Hall–Kier alpha value is -3.08. The molecule has 1 N–H and O–H groups in total. The first-order valence-corrected chi connectivity index (χ1v) is 7.84. The van der Waals surface area contributed by atoms with Gasteiger partial charge in [0.2, 0.25) is 5.95 Å². The summed E-state index contributed by atoms with van der Waals surface area (Å²) in [6.07, 6.45) is 0. The van der Waals surface area contributed by atoms with E-state index in [1.807, 2.05) is 61.5 Å². The van der Waals surface area contributed by atoms with E-state index in [-0.39, 0.29) is 0 Å². The van der Waals surface area contributed by atoms with Gasteiger partial charge in [0.15, 0.2) is 5.82 Å². The van der Waals surface area contributed by atoms with Gasteiger partial charge in [-0.3, -0.25) is 0 Å². The van der Waals surface area contributed by atoms with Crippen LogP contribution < -0.4 is 5.32 Å². The Bertz CT molecular complexity index is 801. The van der Waals surface area contributed by atoms with Crippen LogP contribution >= 0.6 is 0 Å². The van der Waals surface area contributed by atoms with Gasteiger partial charge in [0, 0.05) is 18.3 Å². The van der Waals surface area contributed by atoms with E-state index in [0.717, 1.165) is 11.3 Å². The number of benzene rings is 2. The predicted octanol–water partition coefficient (Wildman–Crippen LogP) is 4.68. The molecule has 1 aromatic heterocycles. The molecule has 5 heteroatoms. The molecular formula is C19H19N5. The molecule has 0 atom stereocenters. The van der Waals surface area contributed by atoms with E-state index >= 15 is 0 Å². The van der Waals surface area contributed by atoms with Crippen LogP contribution in [0.1, 0.15) is 16.8 Å². The normalized spacial score (nSPS) is 10.9. The average Bonchev–Trinajstić information content (AvgIpc) is 2.61. The van der Waals surface area contributed by atoms with E-state index in [2.05, 4.69) is 37.6 Å². The number of aromatic nitrogens is 2. The third-order valence-electron chi connectivity index (χ3n) is 3.40. The van der Waals surface area contributed by atoms with E-state index < -0.39 is 0 Å². The fourth-order valence-corrected chi connectivity index (χ4v) is 2.23. The van der Waals surface area contributed by atoms with Crippen molar-refractivity contribution in [1.29, 1.82) is 0 Å². The van der Waals surface area contributed by atoms with E-state index in [9.17, 15) is 0 Å². The van der Waals surface area contributed by atoms with Gasteiger partial charge in [-0.05, 0) is 18.1 Å². The van der Waals surface area contributed by atoms with E-state index in [1.54, 1.807) is 0 Å². The van der Waals surface area contributed by atoms with Gasteiger partial charge in [0.05, 0.1) is 6.54 Å². The Balaban J connectivity index is 1.65. The largest absolute Gasteiger partial charge is 0.350 e. The van der Waals surface area contributed by atoms with Gasteiger partial charge in [-0.25, -0.2) is 4.98 Å². The SMILES string of the molecule is Cc1cc(N=NCc2ccccc2)nc(NCc2ccccc2)n1. The summed E-state index contributed by atoms with van der Waals surface area (Å²) in [6, 6.07) is 22.0. The minimum atomic E-state index is 0.538. The summed E-state index contributed by atoms with van der Waals surface area (Å²) < 4.78 is 0. The molecular weight excluding hydrogens is 298 g/mol. The average molecular weight is 317 g/mol. The minimum Gasteiger partial charge on any atom is -0.350 e. The highest BCUT2D eigenvalue weighted by atomic mass is 15.2. The molecule has 0 saturated heterocycles. The summed E-state index contributed by atoms with van der Waals surface area (Å²) in [5.41, 5.74) is 3.15. The molecule has 3 rings (SSSR count). The zero-order chi connectivity index (χ0) is 16.6. The van der Waals surface area contributed by atoms with Crippen molar-refractivity contribution < 1.29 is 0 Å². The number of anilines is 1. The Kier molecular flexibility index (Phi) is 5.24. The lowest BCUT2D eigenvalue weighted by Gasteiger charge is -2.06. The van der Waals surface area contributed by atoms with Crippen LogP contribution in [0.2, 0.25) is 0 Å². The standard InChI is InChI=1S/C19H19N5/c1-15-12-18(24-21-14-17-10-6-3-7-11-17)23-19(22-15)20-13-16-8-4-2-5-9-16/h2-12H,13-14H2,1H3,(H,20,22,23). The van der Waals surface area contributed by atoms with Crippen LogP contribution in [0.4, 0.5) is 11.8 Å². The topological polar surface area (TPSA) is 62.5 Å². The Morgan fingerprint density at radius 3 is 2.25 bits per heavy atom. The molecule has 0 aliphatic rings.